The fourth-order valence-corrected chi connectivity index (χ4v) is 1.18. The highest BCUT2D eigenvalue weighted by molar-refractivity contribution is 4.79. The average Bonchev–Trinajstić information content (AvgIpc) is 2.49. The highest BCUT2D eigenvalue weighted by Gasteiger charge is 1.97. The summed E-state index contributed by atoms with van der Waals surface area (Å²) in [6.07, 6.45) is 3.55. The van der Waals surface area contributed by atoms with Crippen molar-refractivity contribution < 1.29 is 4.74 Å². The van der Waals surface area contributed by atoms with E-state index in [1.165, 1.54) is 0 Å². The van der Waals surface area contributed by atoms with E-state index in [0.29, 0.717) is 13.2 Å². The predicted octanol–water partition coefficient (Wildman–Crippen LogP) is -0.577. The Morgan fingerprint density at radius 2 is 2.21 bits per heavy atom. The van der Waals surface area contributed by atoms with Crippen molar-refractivity contribution in [1.29, 1.82) is 0 Å². The molecule has 1 aromatic rings. The second-order valence-corrected chi connectivity index (χ2v) is 3.13. The van der Waals surface area contributed by atoms with Gasteiger partial charge in [-0.25, -0.2) is 4.79 Å². The predicted molar refractivity (Wildman–Crippen MR) is 54.4 cm³/mol. The molecule has 0 aliphatic heterocycles. The van der Waals surface area contributed by atoms with Gasteiger partial charge in [0.25, 0.3) is 0 Å². The van der Waals surface area contributed by atoms with Crippen molar-refractivity contribution >= 4 is 0 Å². The van der Waals surface area contributed by atoms with E-state index in [2.05, 4.69) is 5.32 Å². The Morgan fingerprint density at radius 1 is 1.43 bits per heavy atom. The Balaban J connectivity index is 2.25. The van der Waals surface area contributed by atoms with Crippen molar-refractivity contribution in [3.63, 3.8) is 0 Å². The molecule has 0 spiro atoms. The highest BCUT2D eigenvalue weighted by Crippen LogP contribution is 1.80. The van der Waals surface area contributed by atoms with E-state index in [-0.39, 0.29) is 5.69 Å². The first-order valence-corrected chi connectivity index (χ1v) is 4.67. The van der Waals surface area contributed by atoms with Crippen LogP contribution in [0.5, 0.6) is 0 Å². The third kappa shape index (κ3) is 3.01. The van der Waals surface area contributed by atoms with E-state index >= 15 is 0 Å². The first-order chi connectivity index (χ1) is 6.75. The van der Waals surface area contributed by atoms with Crippen LogP contribution < -0.4 is 11.0 Å². The molecule has 1 heterocycles. The Bertz CT molecular complexity index is 316. The van der Waals surface area contributed by atoms with Crippen LogP contribution in [0.15, 0.2) is 17.2 Å². The zero-order valence-electron chi connectivity index (χ0n) is 8.69. The fraction of sp³-hybridized carbons (Fsp3) is 0.667. The van der Waals surface area contributed by atoms with Crippen LogP contribution in [0.3, 0.4) is 0 Å². The number of aromatic nitrogens is 2. The van der Waals surface area contributed by atoms with Crippen LogP contribution >= 0.6 is 0 Å². The summed E-state index contributed by atoms with van der Waals surface area (Å²) in [5.74, 6) is 0. The van der Waals surface area contributed by atoms with Gasteiger partial charge in [0, 0.05) is 46.2 Å². The summed E-state index contributed by atoms with van der Waals surface area (Å²) < 4.78 is 8.13. The normalized spacial score (nSPS) is 10.7. The maximum Gasteiger partial charge on any atom is 0.327 e. The molecule has 1 N–H and O–H groups in total. The van der Waals surface area contributed by atoms with Gasteiger partial charge in [-0.2, -0.15) is 0 Å². The first-order valence-electron chi connectivity index (χ1n) is 4.67. The lowest BCUT2D eigenvalue weighted by molar-refractivity contribution is 0.199. The van der Waals surface area contributed by atoms with Crippen LogP contribution in [-0.4, -0.2) is 35.9 Å². The lowest BCUT2D eigenvalue weighted by atomic mass is 10.5. The number of rotatable bonds is 6. The lowest BCUT2D eigenvalue weighted by Gasteiger charge is -2.03. The molecule has 0 atom stereocenters. The lowest BCUT2D eigenvalue weighted by Crippen LogP contribution is -2.29. The van der Waals surface area contributed by atoms with E-state index in [1.807, 2.05) is 0 Å². The monoisotopic (exact) mass is 199 g/mol. The molecular formula is C9H17N3O2. The summed E-state index contributed by atoms with van der Waals surface area (Å²) in [6.45, 7) is 3.00. The van der Waals surface area contributed by atoms with Gasteiger partial charge >= 0.3 is 5.69 Å². The molecule has 0 amide bonds. The first kappa shape index (κ1) is 11.0. The Kier molecular flexibility index (Phi) is 4.42. The molecular weight excluding hydrogens is 182 g/mol. The average molecular weight is 199 g/mol. The second-order valence-electron chi connectivity index (χ2n) is 3.13. The number of ether oxygens (including phenoxy) is 1. The van der Waals surface area contributed by atoms with Crippen molar-refractivity contribution in [3.05, 3.63) is 22.9 Å². The van der Waals surface area contributed by atoms with Crippen molar-refractivity contribution in [2.75, 3.05) is 26.8 Å². The Labute approximate surface area is 83.3 Å². The number of hydrogen-bond acceptors (Lipinski definition) is 3. The van der Waals surface area contributed by atoms with Gasteiger partial charge < -0.3 is 14.6 Å². The minimum Gasteiger partial charge on any atom is -0.383 e. The van der Waals surface area contributed by atoms with Gasteiger partial charge in [-0.1, -0.05) is 0 Å². The van der Waals surface area contributed by atoms with E-state index < -0.39 is 0 Å². The Morgan fingerprint density at radius 3 is 2.79 bits per heavy atom. The van der Waals surface area contributed by atoms with E-state index in [9.17, 15) is 4.79 Å². The third-order valence-electron chi connectivity index (χ3n) is 2.03. The van der Waals surface area contributed by atoms with Gasteiger partial charge in [0.1, 0.15) is 0 Å². The summed E-state index contributed by atoms with van der Waals surface area (Å²) >= 11 is 0. The van der Waals surface area contributed by atoms with Crippen LogP contribution in [0.25, 0.3) is 0 Å². The maximum atomic E-state index is 11.4. The van der Waals surface area contributed by atoms with E-state index in [4.69, 9.17) is 4.74 Å². The van der Waals surface area contributed by atoms with Gasteiger partial charge in [0.05, 0.1) is 6.61 Å². The quantitative estimate of drug-likeness (QED) is 0.624. The van der Waals surface area contributed by atoms with Crippen molar-refractivity contribution in [1.82, 2.24) is 14.5 Å². The van der Waals surface area contributed by atoms with Crippen LogP contribution in [0.4, 0.5) is 0 Å². The molecule has 0 saturated heterocycles. The molecule has 1 rings (SSSR count). The van der Waals surface area contributed by atoms with Gasteiger partial charge in [-0.15, -0.1) is 0 Å². The Hall–Kier alpha value is -1.07. The molecule has 0 unspecified atom stereocenters. The number of hydrogen-bond donors (Lipinski definition) is 1. The molecule has 5 nitrogen and oxygen atoms in total. The summed E-state index contributed by atoms with van der Waals surface area (Å²) in [4.78, 5) is 11.4. The number of aryl methyl sites for hydroxylation is 1. The number of imidazole rings is 1. The zero-order chi connectivity index (χ0) is 10.4. The van der Waals surface area contributed by atoms with Crippen LogP contribution in [0.2, 0.25) is 0 Å². The molecule has 80 valence electrons. The molecule has 0 aliphatic carbocycles. The zero-order valence-corrected chi connectivity index (χ0v) is 8.69. The van der Waals surface area contributed by atoms with E-state index in [1.54, 1.807) is 35.7 Å². The van der Waals surface area contributed by atoms with Crippen molar-refractivity contribution in [2.24, 2.45) is 7.05 Å². The molecule has 1 aromatic heterocycles. The molecule has 0 radical (unpaired) electrons. The molecule has 0 aromatic carbocycles. The summed E-state index contributed by atoms with van der Waals surface area (Å²) in [6, 6.07) is 0. The summed E-state index contributed by atoms with van der Waals surface area (Å²) in [7, 11) is 3.42. The van der Waals surface area contributed by atoms with Crippen molar-refractivity contribution in [2.45, 2.75) is 6.54 Å². The largest absolute Gasteiger partial charge is 0.383 e. The molecule has 14 heavy (non-hydrogen) atoms. The minimum absolute atomic E-state index is 0.0264. The molecule has 5 heteroatoms. The summed E-state index contributed by atoms with van der Waals surface area (Å²) in [5.41, 5.74) is 0.0264. The smallest absolute Gasteiger partial charge is 0.327 e. The number of nitrogens with one attached hydrogen (secondary N) is 1. The van der Waals surface area contributed by atoms with Gasteiger partial charge in [0.2, 0.25) is 0 Å². The minimum atomic E-state index is 0.0264. The number of methoxy groups -OCH3 is 1. The van der Waals surface area contributed by atoms with Gasteiger partial charge in [-0.3, -0.25) is 4.57 Å². The molecule has 0 aliphatic rings. The molecule has 0 saturated carbocycles. The van der Waals surface area contributed by atoms with Gasteiger partial charge in [0.15, 0.2) is 0 Å². The summed E-state index contributed by atoms with van der Waals surface area (Å²) in [5, 5.41) is 3.18. The highest BCUT2D eigenvalue weighted by atomic mass is 16.5. The molecule has 0 bridgehead atoms. The van der Waals surface area contributed by atoms with Crippen LogP contribution in [0, 0.1) is 0 Å². The van der Waals surface area contributed by atoms with E-state index in [0.717, 1.165) is 13.1 Å². The van der Waals surface area contributed by atoms with Crippen molar-refractivity contribution in [3.8, 4) is 0 Å². The third-order valence-corrected chi connectivity index (χ3v) is 2.03. The number of nitrogens with zero attached hydrogens (tertiary/aromatic N) is 2. The molecule has 0 fully saturated rings. The van der Waals surface area contributed by atoms with Gasteiger partial charge in [-0.05, 0) is 0 Å². The fourth-order valence-electron chi connectivity index (χ4n) is 1.18. The van der Waals surface area contributed by atoms with Crippen LogP contribution in [-0.2, 0) is 18.3 Å². The maximum absolute atomic E-state index is 11.4. The SMILES string of the molecule is COCCNCCn1ccn(C)c1=O. The topological polar surface area (TPSA) is 48.2 Å². The van der Waals surface area contributed by atoms with Crippen LogP contribution in [0.1, 0.15) is 0 Å². The second kappa shape index (κ2) is 5.62. The standard InChI is InChI=1S/C9H17N3O2/c1-11-6-7-12(9(11)13)5-3-10-4-8-14-2/h6-7,10H,3-5,8H2,1-2H3.